The number of hydrogen-bond donors (Lipinski definition) is 1. The lowest BCUT2D eigenvalue weighted by atomic mass is 10.2. The van der Waals surface area contributed by atoms with Crippen LogP contribution in [0.1, 0.15) is 12.5 Å². The fourth-order valence-corrected chi connectivity index (χ4v) is 2.23. The number of anilines is 1. The molecule has 2 aromatic rings. The van der Waals surface area contributed by atoms with Crippen LogP contribution in [0.3, 0.4) is 0 Å². The minimum Gasteiger partial charge on any atom is -0.481 e. The smallest absolute Gasteiger partial charge is 0.265 e. The molecule has 0 spiro atoms. The third kappa shape index (κ3) is 4.23. The average molecular weight is 381 g/mol. The van der Waals surface area contributed by atoms with Crippen molar-refractivity contribution in [3.8, 4) is 5.75 Å². The molecule has 0 unspecified atom stereocenters. The second-order valence-corrected chi connectivity index (χ2v) is 5.82. The fourth-order valence-electron chi connectivity index (χ4n) is 1.68. The minimum absolute atomic E-state index is 0.160. The summed E-state index contributed by atoms with van der Waals surface area (Å²) in [6, 6.07) is 15.3. The SMILES string of the molecule is Cc1ccc(O[C@H](C)C(=O)Nc2cccc(I)c2)cc1. The molecule has 0 radical (unpaired) electrons. The van der Waals surface area contributed by atoms with Crippen molar-refractivity contribution in [2.24, 2.45) is 0 Å². The van der Waals surface area contributed by atoms with Crippen molar-refractivity contribution >= 4 is 34.2 Å². The fraction of sp³-hybridized carbons (Fsp3) is 0.188. The lowest BCUT2D eigenvalue weighted by Crippen LogP contribution is -2.30. The van der Waals surface area contributed by atoms with Crippen molar-refractivity contribution < 1.29 is 9.53 Å². The monoisotopic (exact) mass is 381 g/mol. The predicted octanol–water partition coefficient (Wildman–Crippen LogP) is 4.01. The lowest BCUT2D eigenvalue weighted by molar-refractivity contribution is -0.122. The van der Waals surface area contributed by atoms with Crippen LogP contribution < -0.4 is 10.1 Å². The molecule has 0 heterocycles. The van der Waals surface area contributed by atoms with Crippen molar-refractivity contribution in [2.75, 3.05) is 5.32 Å². The van der Waals surface area contributed by atoms with E-state index < -0.39 is 6.10 Å². The standard InChI is InChI=1S/C16H16INO2/c1-11-6-8-15(9-7-11)20-12(2)16(19)18-14-5-3-4-13(17)10-14/h3-10,12H,1-2H3,(H,18,19)/t12-/m1/s1. The van der Waals surface area contributed by atoms with Gasteiger partial charge in [0.05, 0.1) is 0 Å². The van der Waals surface area contributed by atoms with Gasteiger partial charge in [0.2, 0.25) is 0 Å². The summed E-state index contributed by atoms with van der Waals surface area (Å²) >= 11 is 2.21. The van der Waals surface area contributed by atoms with Crippen LogP contribution >= 0.6 is 22.6 Å². The second-order valence-electron chi connectivity index (χ2n) is 4.57. The minimum atomic E-state index is -0.546. The number of halogens is 1. The summed E-state index contributed by atoms with van der Waals surface area (Å²) in [7, 11) is 0. The highest BCUT2D eigenvalue weighted by molar-refractivity contribution is 14.1. The molecule has 0 fully saturated rings. The zero-order valence-electron chi connectivity index (χ0n) is 11.4. The summed E-state index contributed by atoms with van der Waals surface area (Å²) in [6.45, 7) is 3.75. The molecule has 3 nitrogen and oxygen atoms in total. The first-order valence-electron chi connectivity index (χ1n) is 6.34. The number of amides is 1. The molecule has 0 bridgehead atoms. The van der Waals surface area contributed by atoms with E-state index in [1.807, 2.05) is 55.5 Å². The van der Waals surface area contributed by atoms with Gasteiger partial charge in [-0.25, -0.2) is 0 Å². The summed E-state index contributed by atoms with van der Waals surface area (Å²) in [5, 5.41) is 2.85. The van der Waals surface area contributed by atoms with Crippen molar-refractivity contribution in [3.05, 3.63) is 57.7 Å². The molecule has 104 valence electrons. The van der Waals surface area contributed by atoms with Crippen LogP contribution in [0.15, 0.2) is 48.5 Å². The zero-order valence-corrected chi connectivity index (χ0v) is 13.5. The van der Waals surface area contributed by atoms with Gasteiger partial charge in [0.1, 0.15) is 5.75 Å². The lowest BCUT2D eigenvalue weighted by Gasteiger charge is -2.15. The number of benzene rings is 2. The molecule has 0 aromatic heterocycles. The molecule has 0 aliphatic carbocycles. The van der Waals surface area contributed by atoms with E-state index in [0.29, 0.717) is 5.75 Å². The second kappa shape index (κ2) is 6.74. The van der Waals surface area contributed by atoms with Gasteiger partial charge in [0.15, 0.2) is 6.10 Å². The molecule has 20 heavy (non-hydrogen) atoms. The van der Waals surface area contributed by atoms with Crippen molar-refractivity contribution in [3.63, 3.8) is 0 Å². The molecule has 2 aromatic carbocycles. The van der Waals surface area contributed by atoms with E-state index in [0.717, 1.165) is 14.8 Å². The number of hydrogen-bond acceptors (Lipinski definition) is 2. The van der Waals surface area contributed by atoms with Gasteiger partial charge in [-0.2, -0.15) is 0 Å². The normalized spacial score (nSPS) is 11.8. The number of ether oxygens (including phenoxy) is 1. The van der Waals surface area contributed by atoms with Crippen LogP contribution in [0, 0.1) is 10.5 Å². The average Bonchev–Trinajstić information content (AvgIpc) is 2.41. The van der Waals surface area contributed by atoms with Gasteiger partial charge in [-0.3, -0.25) is 4.79 Å². The Bertz CT molecular complexity index is 596. The number of rotatable bonds is 4. The van der Waals surface area contributed by atoms with E-state index in [2.05, 4.69) is 27.9 Å². The maximum atomic E-state index is 12.1. The Morgan fingerprint density at radius 3 is 2.55 bits per heavy atom. The first kappa shape index (κ1) is 14.8. The molecule has 0 saturated carbocycles. The van der Waals surface area contributed by atoms with E-state index in [-0.39, 0.29) is 5.91 Å². The van der Waals surface area contributed by atoms with E-state index in [1.54, 1.807) is 6.92 Å². The van der Waals surface area contributed by atoms with Crippen LogP contribution in [0.4, 0.5) is 5.69 Å². The van der Waals surface area contributed by atoms with Gasteiger partial charge >= 0.3 is 0 Å². The maximum Gasteiger partial charge on any atom is 0.265 e. The number of nitrogens with one attached hydrogen (secondary N) is 1. The largest absolute Gasteiger partial charge is 0.481 e. The van der Waals surface area contributed by atoms with E-state index in [4.69, 9.17) is 4.74 Å². The summed E-state index contributed by atoms with van der Waals surface area (Å²) in [4.78, 5) is 12.1. The molecule has 0 aliphatic heterocycles. The summed E-state index contributed by atoms with van der Waals surface area (Å²) < 4.78 is 6.70. The van der Waals surface area contributed by atoms with Crippen molar-refractivity contribution in [1.29, 1.82) is 0 Å². The number of carbonyl (C=O) groups excluding carboxylic acids is 1. The Hall–Kier alpha value is -1.56. The highest BCUT2D eigenvalue weighted by Gasteiger charge is 2.14. The van der Waals surface area contributed by atoms with Gasteiger partial charge in [-0.1, -0.05) is 23.8 Å². The summed E-state index contributed by atoms with van der Waals surface area (Å²) in [5.74, 6) is 0.536. The molecular weight excluding hydrogens is 365 g/mol. The maximum absolute atomic E-state index is 12.1. The van der Waals surface area contributed by atoms with Gasteiger partial charge in [-0.05, 0) is 66.8 Å². The van der Waals surface area contributed by atoms with E-state index >= 15 is 0 Å². The van der Waals surface area contributed by atoms with Crippen molar-refractivity contribution in [2.45, 2.75) is 20.0 Å². The molecule has 1 atom stereocenters. The van der Waals surface area contributed by atoms with Gasteiger partial charge in [0, 0.05) is 9.26 Å². The topological polar surface area (TPSA) is 38.3 Å². The molecular formula is C16H16INO2. The summed E-state index contributed by atoms with van der Waals surface area (Å²) in [5.41, 5.74) is 1.94. The number of carbonyl (C=O) groups is 1. The highest BCUT2D eigenvalue weighted by atomic mass is 127. The first-order valence-corrected chi connectivity index (χ1v) is 7.42. The van der Waals surface area contributed by atoms with Gasteiger partial charge in [-0.15, -0.1) is 0 Å². The Balaban J connectivity index is 1.96. The molecule has 0 saturated heterocycles. The van der Waals surface area contributed by atoms with E-state index in [9.17, 15) is 4.79 Å². The van der Waals surface area contributed by atoms with Gasteiger partial charge in [0.25, 0.3) is 5.91 Å². The Morgan fingerprint density at radius 2 is 1.90 bits per heavy atom. The third-order valence-electron chi connectivity index (χ3n) is 2.80. The Labute approximate surface area is 132 Å². The van der Waals surface area contributed by atoms with Crippen LogP contribution in [-0.2, 0) is 4.79 Å². The molecule has 4 heteroatoms. The summed E-state index contributed by atoms with van der Waals surface area (Å²) in [6.07, 6.45) is -0.546. The van der Waals surface area contributed by atoms with E-state index in [1.165, 1.54) is 0 Å². The Kier molecular flexibility index (Phi) is 5.00. The van der Waals surface area contributed by atoms with Gasteiger partial charge < -0.3 is 10.1 Å². The van der Waals surface area contributed by atoms with Crippen LogP contribution in [0.25, 0.3) is 0 Å². The van der Waals surface area contributed by atoms with Crippen LogP contribution in [0.2, 0.25) is 0 Å². The van der Waals surface area contributed by atoms with Crippen LogP contribution in [-0.4, -0.2) is 12.0 Å². The zero-order chi connectivity index (χ0) is 14.5. The third-order valence-corrected chi connectivity index (χ3v) is 3.47. The highest BCUT2D eigenvalue weighted by Crippen LogP contribution is 2.15. The number of aryl methyl sites for hydroxylation is 1. The molecule has 0 aliphatic rings. The Morgan fingerprint density at radius 1 is 1.20 bits per heavy atom. The molecule has 1 N–H and O–H groups in total. The molecule has 1 amide bonds. The molecule has 2 rings (SSSR count). The predicted molar refractivity (Wildman–Crippen MR) is 89.1 cm³/mol. The van der Waals surface area contributed by atoms with Crippen molar-refractivity contribution in [1.82, 2.24) is 0 Å². The first-order chi connectivity index (χ1) is 9.54. The quantitative estimate of drug-likeness (QED) is 0.813. The van der Waals surface area contributed by atoms with Crippen LogP contribution in [0.5, 0.6) is 5.75 Å².